The van der Waals surface area contributed by atoms with Crippen molar-refractivity contribution in [3.8, 4) is 0 Å². The average molecular weight is 193 g/mol. The standard InChI is InChI=1S/C7H10F3N3/c1-4(2)5-3-6(11)12-13(5)7(8,9)10/h3-4H,1-2H3,(H2,11,12). The molecule has 0 aliphatic heterocycles. The van der Waals surface area contributed by atoms with Crippen LogP contribution in [0.4, 0.5) is 19.0 Å². The predicted octanol–water partition coefficient (Wildman–Crippen LogP) is 2.06. The normalized spacial score (nSPS) is 12.5. The van der Waals surface area contributed by atoms with Crippen LogP contribution in [0.1, 0.15) is 25.5 Å². The van der Waals surface area contributed by atoms with Gasteiger partial charge < -0.3 is 5.73 Å². The molecule has 0 aliphatic rings. The van der Waals surface area contributed by atoms with Gasteiger partial charge >= 0.3 is 6.30 Å². The number of nitrogens with zero attached hydrogens (tertiary/aromatic N) is 2. The summed E-state index contributed by atoms with van der Waals surface area (Å²) in [6.07, 6.45) is -4.49. The Morgan fingerprint density at radius 1 is 1.46 bits per heavy atom. The topological polar surface area (TPSA) is 43.8 Å². The summed E-state index contributed by atoms with van der Waals surface area (Å²) in [5.41, 5.74) is 5.26. The minimum atomic E-state index is -4.49. The van der Waals surface area contributed by atoms with Crippen LogP contribution in [0.5, 0.6) is 0 Å². The van der Waals surface area contributed by atoms with Crippen LogP contribution in [0.15, 0.2) is 6.07 Å². The number of hydrogen-bond acceptors (Lipinski definition) is 2. The summed E-state index contributed by atoms with van der Waals surface area (Å²) in [4.78, 5) is 0. The Morgan fingerprint density at radius 3 is 2.31 bits per heavy atom. The average Bonchev–Trinajstić information content (AvgIpc) is 2.29. The lowest BCUT2D eigenvalue weighted by Gasteiger charge is -2.11. The van der Waals surface area contributed by atoms with Gasteiger partial charge in [-0.15, -0.1) is 18.3 Å². The second kappa shape index (κ2) is 2.93. The Kier molecular flexibility index (Phi) is 2.23. The van der Waals surface area contributed by atoms with Crippen molar-refractivity contribution < 1.29 is 13.2 Å². The van der Waals surface area contributed by atoms with Crippen LogP contribution in [0, 0.1) is 0 Å². The van der Waals surface area contributed by atoms with Gasteiger partial charge in [-0.25, -0.2) is 0 Å². The van der Waals surface area contributed by atoms with Crippen molar-refractivity contribution in [3.63, 3.8) is 0 Å². The summed E-state index contributed by atoms with van der Waals surface area (Å²) in [6, 6.07) is 1.23. The Labute approximate surface area is 73.3 Å². The molecule has 0 saturated heterocycles. The summed E-state index contributed by atoms with van der Waals surface area (Å²) in [7, 11) is 0. The first-order valence-corrected chi connectivity index (χ1v) is 3.75. The number of nitrogens with two attached hydrogens (primary N) is 1. The van der Waals surface area contributed by atoms with Crippen molar-refractivity contribution in [2.24, 2.45) is 0 Å². The van der Waals surface area contributed by atoms with Crippen LogP contribution in [0.25, 0.3) is 0 Å². The number of rotatable bonds is 1. The number of alkyl halides is 3. The van der Waals surface area contributed by atoms with Crippen molar-refractivity contribution in [1.29, 1.82) is 0 Å². The third kappa shape index (κ3) is 1.93. The largest absolute Gasteiger partial charge is 0.504 e. The number of hydrogen-bond donors (Lipinski definition) is 1. The van der Waals surface area contributed by atoms with E-state index < -0.39 is 6.30 Å². The maximum atomic E-state index is 12.3. The van der Waals surface area contributed by atoms with E-state index in [1.165, 1.54) is 6.07 Å². The maximum Gasteiger partial charge on any atom is 0.504 e. The van der Waals surface area contributed by atoms with Gasteiger partial charge in [-0.3, -0.25) is 0 Å². The summed E-state index contributed by atoms with van der Waals surface area (Å²) >= 11 is 0. The molecule has 0 bridgehead atoms. The van der Waals surface area contributed by atoms with Crippen molar-refractivity contribution in [2.75, 3.05) is 5.73 Å². The van der Waals surface area contributed by atoms with E-state index in [1.54, 1.807) is 13.8 Å². The molecule has 0 aromatic carbocycles. The van der Waals surface area contributed by atoms with E-state index in [9.17, 15) is 13.2 Å². The summed E-state index contributed by atoms with van der Waals surface area (Å²) < 4.78 is 36.8. The molecule has 2 N–H and O–H groups in total. The second-order valence-electron chi connectivity index (χ2n) is 3.03. The highest BCUT2D eigenvalue weighted by Gasteiger charge is 2.35. The highest BCUT2D eigenvalue weighted by atomic mass is 19.4. The smallest absolute Gasteiger partial charge is 0.382 e. The van der Waals surface area contributed by atoms with Crippen LogP contribution in [0.2, 0.25) is 0 Å². The Bertz CT molecular complexity index is 300. The zero-order chi connectivity index (χ0) is 10.2. The van der Waals surface area contributed by atoms with Gasteiger partial charge in [-0.2, -0.15) is 4.68 Å². The molecule has 1 aromatic rings. The van der Waals surface area contributed by atoms with E-state index in [2.05, 4.69) is 5.10 Å². The molecule has 3 nitrogen and oxygen atoms in total. The van der Waals surface area contributed by atoms with Gasteiger partial charge in [0.15, 0.2) is 0 Å². The van der Waals surface area contributed by atoms with Gasteiger partial charge in [-0.05, 0) is 5.92 Å². The van der Waals surface area contributed by atoms with Gasteiger partial charge in [-0.1, -0.05) is 13.8 Å². The molecule has 0 radical (unpaired) electrons. The molecule has 0 aliphatic carbocycles. The minimum absolute atomic E-state index is 0.00694. The van der Waals surface area contributed by atoms with Crippen LogP contribution in [-0.2, 0) is 6.30 Å². The van der Waals surface area contributed by atoms with Crippen LogP contribution < -0.4 is 5.73 Å². The summed E-state index contributed by atoms with van der Waals surface area (Å²) in [6.45, 7) is 3.30. The summed E-state index contributed by atoms with van der Waals surface area (Å²) in [5, 5.41) is 3.17. The molecular weight excluding hydrogens is 183 g/mol. The Balaban J connectivity index is 3.20. The molecule has 13 heavy (non-hydrogen) atoms. The fourth-order valence-corrected chi connectivity index (χ4v) is 1.03. The van der Waals surface area contributed by atoms with E-state index in [4.69, 9.17) is 5.73 Å². The highest BCUT2D eigenvalue weighted by Crippen LogP contribution is 2.28. The molecule has 0 saturated carbocycles. The highest BCUT2D eigenvalue weighted by molar-refractivity contribution is 5.31. The quantitative estimate of drug-likeness (QED) is 0.741. The monoisotopic (exact) mass is 193 g/mol. The maximum absolute atomic E-state index is 12.3. The lowest BCUT2D eigenvalue weighted by molar-refractivity contribution is -0.213. The van der Waals surface area contributed by atoms with Crippen molar-refractivity contribution >= 4 is 5.82 Å². The van der Waals surface area contributed by atoms with Crippen molar-refractivity contribution in [1.82, 2.24) is 9.78 Å². The fraction of sp³-hybridized carbons (Fsp3) is 0.571. The number of nitrogen functional groups attached to an aromatic ring is 1. The molecule has 0 spiro atoms. The lowest BCUT2D eigenvalue weighted by atomic mass is 10.1. The van der Waals surface area contributed by atoms with Gasteiger partial charge in [0, 0.05) is 6.07 Å². The first-order chi connectivity index (χ1) is 5.82. The first-order valence-electron chi connectivity index (χ1n) is 3.75. The molecule has 0 unspecified atom stereocenters. The third-order valence-electron chi connectivity index (χ3n) is 1.59. The van der Waals surface area contributed by atoms with Crippen LogP contribution in [0.3, 0.4) is 0 Å². The number of anilines is 1. The first kappa shape index (κ1) is 9.88. The van der Waals surface area contributed by atoms with E-state index >= 15 is 0 Å². The van der Waals surface area contributed by atoms with E-state index in [0.717, 1.165) is 0 Å². The number of aromatic nitrogens is 2. The Morgan fingerprint density at radius 2 is 2.00 bits per heavy atom. The van der Waals surface area contributed by atoms with E-state index in [0.29, 0.717) is 0 Å². The summed E-state index contributed by atoms with van der Waals surface area (Å²) in [5.74, 6) is -0.368. The van der Waals surface area contributed by atoms with Crippen LogP contribution >= 0.6 is 0 Å². The van der Waals surface area contributed by atoms with Crippen molar-refractivity contribution in [2.45, 2.75) is 26.1 Å². The zero-order valence-corrected chi connectivity index (χ0v) is 7.26. The van der Waals surface area contributed by atoms with Crippen molar-refractivity contribution in [3.05, 3.63) is 11.8 Å². The molecule has 6 heteroatoms. The van der Waals surface area contributed by atoms with Gasteiger partial charge in [0.2, 0.25) is 0 Å². The number of halogens is 3. The molecule has 0 atom stereocenters. The minimum Gasteiger partial charge on any atom is -0.382 e. The Hall–Kier alpha value is -1.20. The third-order valence-corrected chi connectivity index (χ3v) is 1.59. The molecule has 1 aromatic heterocycles. The van der Waals surface area contributed by atoms with Gasteiger partial charge in [0.25, 0.3) is 0 Å². The lowest BCUT2D eigenvalue weighted by Crippen LogP contribution is -2.21. The molecular formula is C7H10F3N3. The molecule has 74 valence electrons. The predicted molar refractivity (Wildman–Crippen MR) is 42.0 cm³/mol. The fourth-order valence-electron chi connectivity index (χ4n) is 1.03. The van der Waals surface area contributed by atoms with E-state index in [1.807, 2.05) is 0 Å². The SMILES string of the molecule is CC(C)c1cc(N)nn1C(F)(F)F. The molecule has 0 amide bonds. The van der Waals surface area contributed by atoms with Gasteiger partial charge in [0.05, 0.1) is 5.69 Å². The zero-order valence-electron chi connectivity index (χ0n) is 7.26. The molecule has 0 fully saturated rings. The molecule has 1 heterocycles. The van der Waals surface area contributed by atoms with Gasteiger partial charge in [0.1, 0.15) is 5.82 Å². The van der Waals surface area contributed by atoms with E-state index in [-0.39, 0.29) is 22.1 Å². The van der Waals surface area contributed by atoms with Crippen LogP contribution in [-0.4, -0.2) is 9.78 Å². The second-order valence-corrected chi connectivity index (χ2v) is 3.03. The molecule has 1 rings (SSSR count).